The number of amides is 1. The molecule has 6 nitrogen and oxygen atoms in total. The summed E-state index contributed by atoms with van der Waals surface area (Å²) >= 11 is 1.25. The molecule has 2 saturated heterocycles. The van der Waals surface area contributed by atoms with Crippen LogP contribution in [0.25, 0.3) is 0 Å². The lowest BCUT2D eigenvalue weighted by Gasteiger charge is -2.39. The maximum atomic E-state index is 13.0. The molecule has 2 fully saturated rings. The molecule has 24 heavy (non-hydrogen) atoms. The molecule has 0 aromatic heterocycles. The summed E-state index contributed by atoms with van der Waals surface area (Å²) in [5.74, 6) is 0.265. The molecule has 2 aliphatic rings. The van der Waals surface area contributed by atoms with Crippen LogP contribution in [0.2, 0.25) is 0 Å². The van der Waals surface area contributed by atoms with Gasteiger partial charge in [-0.05, 0) is 47.0 Å². The number of esters is 1. The van der Waals surface area contributed by atoms with E-state index >= 15 is 0 Å². The van der Waals surface area contributed by atoms with Gasteiger partial charge in [0.05, 0.1) is 5.41 Å². The fourth-order valence-corrected chi connectivity index (χ4v) is 4.10. The highest BCUT2D eigenvalue weighted by Crippen LogP contribution is 2.39. The van der Waals surface area contributed by atoms with Crippen LogP contribution in [0, 0.1) is 5.41 Å². The normalized spacial score (nSPS) is 28.0. The standard InChI is InChI=1S/C17H28N2O4S/c1-12(20)24-10-8-17(5)11-18-9-6-7-13(19(18)15(17)22)14(21)23-16(2,3)4/h13H,6-11H2,1-5H3. The third-order valence-electron chi connectivity index (χ3n) is 4.39. The van der Waals surface area contributed by atoms with Crippen LogP contribution in [0.15, 0.2) is 0 Å². The first-order chi connectivity index (χ1) is 11.0. The fourth-order valence-electron chi connectivity index (χ4n) is 3.26. The molecule has 2 aliphatic heterocycles. The van der Waals surface area contributed by atoms with Crippen molar-refractivity contribution in [1.29, 1.82) is 0 Å². The van der Waals surface area contributed by atoms with E-state index in [1.807, 2.05) is 32.7 Å². The van der Waals surface area contributed by atoms with Crippen LogP contribution in [0.1, 0.15) is 53.9 Å². The van der Waals surface area contributed by atoms with Crippen LogP contribution in [-0.2, 0) is 19.1 Å². The van der Waals surface area contributed by atoms with E-state index in [-0.39, 0.29) is 17.0 Å². The third-order valence-corrected chi connectivity index (χ3v) is 5.20. The Balaban J connectivity index is 2.10. The Morgan fingerprint density at radius 3 is 2.62 bits per heavy atom. The molecule has 7 heteroatoms. The summed E-state index contributed by atoms with van der Waals surface area (Å²) in [6.07, 6.45) is 2.13. The molecular formula is C17H28N2O4S. The maximum absolute atomic E-state index is 13.0. The van der Waals surface area contributed by atoms with E-state index < -0.39 is 17.1 Å². The Hall–Kier alpha value is -1.08. The zero-order chi connectivity index (χ0) is 18.1. The number of hydrogen-bond donors (Lipinski definition) is 0. The van der Waals surface area contributed by atoms with Gasteiger partial charge in [-0.25, -0.2) is 9.80 Å². The predicted octanol–water partition coefficient (Wildman–Crippen LogP) is 2.23. The van der Waals surface area contributed by atoms with Crippen LogP contribution in [0.3, 0.4) is 0 Å². The minimum absolute atomic E-state index is 0.0257. The van der Waals surface area contributed by atoms with Gasteiger partial charge in [0.1, 0.15) is 11.6 Å². The average Bonchev–Trinajstić information content (AvgIpc) is 2.68. The predicted molar refractivity (Wildman–Crippen MR) is 93.1 cm³/mol. The molecule has 0 aromatic carbocycles. The van der Waals surface area contributed by atoms with Crippen LogP contribution in [-0.4, -0.2) is 57.5 Å². The first kappa shape index (κ1) is 19.2. The van der Waals surface area contributed by atoms with E-state index in [2.05, 4.69) is 0 Å². The number of fused-ring (bicyclic) bond motifs is 1. The summed E-state index contributed by atoms with van der Waals surface area (Å²) in [4.78, 5) is 36.6. The van der Waals surface area contributed by atoms with E-state index in [0.717, 1.165) is 13.0 Å². The average molecular weight is 356 g/mol. The molecule has 0 aromatic rings. The molecule has 0 N–H and O–H groups in total. The summed E-state index contributed by atoms with van der Waals surface area (Å²) in [7, 11) is 0. The Bertz CT molecular complexity index is 531. The molecule has 2 rings (SSSR count). The van der Waals surface area contributed by atoms with E-state index in [1.165, 1.54) is 18.7 Å². The van der Waals surface area contributed by atoms with Gasteiger partial charge in [0.25, 0.3) is 0 Å². The van der Waals surface area contributed by atoms with Crippen molar-refractivity contribution < 1.29 is 19.1 Å². The molecule has 2 atom stereocenters. The van der Waals surface area contributed by atoms with Crippen LogP contribution < -0.4 is 0 Å². The van der Waals surface area contributed by atoms with Gasteiger partial charge in [-0.15, -0.1) is 0 Å². The minimum Gasteiger partial charge on any atom is -0.458 e. The molecule has 2 heterocycles. The summed E-state index contributed by atoms with van der Waals surface area (Å²) in [6, 6.07) is -0.534. The Morgan fingerprint density at radius 1 is 1.38 bits per heavy atom. The second-order valence-corrected chi connectivity index (χ2v) is 9.15. The number of hydrazine groups is 1. The molecule has 2 unspecified atom stereocenters. The van der Waals surface area contributed by atoms with Crippen molar-refractivity contribution in [2.24, 2.45) is 5.41 Å². The van der Waals surface area contributed by atoms with Crippen LogP contribution >= 0.6 is 11.8 Å². The van der Waals surface area contributed by atoms with Crippen molar-refractivity contribution in [3.8, 4) is 0 Å². The first-order valence-corrected chi connectivity index (χ1v) is 9.47. The third kappa shape index (κ3) is 4.30. The second-order valence-electron chi connectivity index (χ2n) is 7.88. The smallest absolute Gasteiger partial charge is 0.331 e. The summed E-state index contributed by atoms with van der Waals surface area (Å²) < 4.78 is 5.51. The Labute approximate surface area is 148 Å². The summed E-state index contributed by atoms with van der Waals surface area (Å²) in [5.41, 5.74) is -1.11. The number of carbonyl (C=O) groups excluding carboxylic acids is 3. The number of hydrogen-bond acceptors (Lipinski definition) is 6. The lowest BCUT2D eigenvalue weighted by atomic mass is 9.87. The topological polar surface area (TPSA) is 66.9 Å². The van der Waals surface area contributed by atoms with Crippen molar-refractivity contribution in [2.45, 2.75) is 65.5 Å². The number of nitrogens with zero attached hydrogens (tertiary/aromatic N) is 2. The van der Waals surface area contributed by atoms with Gasteiger partial charge in [-0.1, -0.05) is 11.8 Å². The molecule has 0 radical (unpaired) electrons. The molecular weight excluding hydrogens is 328 g/mol. The van der Waals surface area contributed by atoms with Gasteiger partial charge in [0.15, 0.2) is 5.12 Å². The van der Waals surface area contributed by atoms with E-state index in [4.69, 9.17) is 4.74 Å². The fraction of sp³-hybridized carbons (Fsp3) is 0.824. The number of rotatable bonds is 4. The van der Waals surface area contributed by atoms with E-state index in [1.54, 1.807) is 5.01 Å². The van der Waals surface area contributed by atoms with Crippen molar-refractivity contribution >= 4 is 28.8 Å². The van der Waals surface area contributed by atoms with Gasteiger partial charge in [-0.2, -0.15) is 0 Å². The zero-order valence-electron chi connectivity index (χ0n) is 15.3. The number of thioether (sulfide) groups is 1. The van der Waals surface area contributed by atoms with Crippen molar-refractivity contribution in [1.82, 2.24) is 10.0 Å². The lowest BCUT2D eigenvalue weighted by Crippen LogP contribution is -2.55. The van der Waals surface area contributed by atoms with Crippen LogP contribution in [0.5, 0.6) is 0 Å². The van der Waals surface area contributed by atoms with Gasteiger partial charge in [0.2, 0.25) is 5.91 Å². The SMILES string of the molecule is CC(=O)SCCC1(C)CN2CCCC(C(=O)OC(C)(C)C)N2C1=O. The highest BCUT2D eigenvalue weighted by Gasteiger charge is 2.52. The van der Waals surface area contributed by atoms with Crippen molar-refractivity contribution in [3.63, 3.8) is 0 Å². The molecule has 1 amide bonds. The second kappa shape index (κ2) is 7.04. The Morgan fingerprint density at radius 2 is 2.04 bits per heavy atom. The largest absolute Gasteiger partial charge is 0.458 e. The molecule has 0 saturated carbocycles. The quantitative estimate of drug-likeness (QED) is 0.720. The number of ether oxygens (including phenoxy) is 1. The van der Waals surface area contributed by atoms with Gasteiger partial charge in [0, 0.05) is 25.8 Å². The van der Waals surface area contributed by atoms with Gasteiger partial charge < -0.3 is 4.74 Å². The molecule has 0 spiro atoms. The number of carbonyl (C=O) groups is 3. The molecule has 0 aliphatic carbocycles. The molecule has 0 bridgehead atoms. The lowest BCUT2D eigenvalue weighted by molar-refractivity contribution is -0.177. The molecule has 136 valence electrons. The van der Waals surface area contributed by atoms with Crippen molar-refractivity contribution in [2.75, 3.05) is 18.8 Å². The van der Waals surface area contributed by atoms with Crippen molar-refractivity contribution in [3.05, 3.63) is 0 Å². The zero-order valence-corrected chi connectivity index (χ0v) is 16.1. The summed E-state index contributed by atoms with van der Waals surface area (Å²) in [6.45, 7) is 10.3. The first-order valence-electron chi connectivity index (χ1n) is 8.48. The Kier molecular flexibility index (Phi) is 5.64. The van der Waals surface area contributed by atoms with E-state index in [0.29, 0.717) is 25.1 Å². The van der Waals surface area contributed by atoms with Gasteiger partial charge in [-0.3, -0.25) is 14.6 Å². The highest BCUT2D eigenvalue weighted by molar-refractivity contribution is 8.13. The monoisotopic (exact) mass is 356 g/mol. The van der Waals surface area contributed by atoms with Gasteiger partial charge >= 0.3 is 5.97 Å². The minimum atomic E-state index is -0.566. The van der Waals surface area contributed by atoms with Crippen LogP contribution in [0.4, 0.5) is 0 Å². The highest BCUT2D eigenvalue weighted by atomic mass is 32.2. The maximum Gasteiger partial charge on any atom is 0.331 e. The van der Waals surface area contributed by atoms with E-state index in [9.17, 15) is 14.4 Å². The summed E-state index contributed by atoms with van der Waals surface area (Å²) in [5, 5.41) is 3.67.